The predicted molar refractivity (Wildman–Crippen MR) is 58.1 cm³/mol. The van der Waals surface area contributed by atoms with Crippen LogP contribution in [0.4, 0.5) is 0 Å². The topological polar surface area (TPSA) is 68.6 Å². The van der Waals surface area contributed by atoms with Crippen LogP contribution in [-0.4, -0.2) is 14.4 Å². The summed E-state index contributed by atoms with van der Waals surface area (Å²) in [6, 6.07) is 3.75. The van der Waals surface area contributed by atoms with Gasteiger partial charge in [0.05, 0.1) is 5.39 Å². The van der Waals surface area contributed by atoms with Crippen LogP contribution < -0.4 is 11.3 Å². The second-order valence-electron chi connectivity index (χ2n) is 2.99. The summed E-state index contributed by atoms with van der Waals surface area (Å²) < 4.78 is 1.93. The Morgan fingerprint density at radius 2 is 2.40 bits per heavy atom. The number of fused-ring (bicyclic) bond motifs is 3. The number of nitrogens with two attached hydrogens (primary N) is 1. The molecule has 0 bridgehead atoms. The van der Waals surface area contributed by atoms with Gasteiger partial charge in [0.2, 0.25) is 0 Å². The van der Waals surface area contributed by atoms with Gasteiger partial charge in [-0.3, -0.25) is 4.40 Å². The fourth-order valence-corrected chi connectivity index (χ4v) is 2.23. The van der Waals surface area contributed by atoms with Crippen molar-refractivity contribution in [3.8, 4) is 0 Å². The van der Waals surface area contributed by atoms with Crippen LogP contribution in [0.1, 0.15) is 0 Å². The molecule has 0 atom stereocenters. The maximum atomic E-state index is 5.31. The first kappa shape index (κ1) is 8.37. The lowest BCUT2D eigenvalue weighted by Gasteiger charge is -1.99. The average Bonchev–Trinajstić information content (AvgIpc) is 2.76. The molecule has 15 heavy (non-hydrogen) atoms. The summed E-state index contributed by atoms with van der Waals surface area (Å²) in [4.78, 5) is 9.47. The first-order valence-electron chi connectivity index (χ1n) is 4.34. The molecule has 6 heteroatoms. The second-order valence-corrected chi connectivity index (χ2v) is 3.87. The van der Waals surface area contributed by atoms with Crippen molar-refractivity contribution < 1.29 is 0 Å². The number of hydrogen-bond donors (Lipinski definition) is 1. The van der Waals surface area contributed by atoms with Crippen molar-refractivity contribution >= 4 is 27.3 Å². The number of thiazole rings is 1. The van der Waals surface area contributed by atoms with E-state index in [9.17, 15) is 0 Å². The summed E-state index contributed by atoms with van der Waals surface area (Å²) >= 11 is 1.53. The van der Waals surface area contributed by atoms with Crippen molar-refractivity contribution in [2.24, 2.45) is 10.9 Å². The van der Waals surface area contributed by atoms with Gasteiger partial charge in [0, 0.05) is 17.8 Å². The highest BCUT2D eigenvalue weighted by Crippen LogP contribution is 2.12. The predicted octanol–water partition coefficient (Wildman–Crippen LogP) is 0.718. The first-order chi connectivity index (χ1) is 7.40. The number of hydrogen-bond acceptors (Lipinski definition) is 5. The van der Waals surface area contributed by atoms with Gasteiger partial charge < -0.3 is 5.84 Å². The second kappa shape index (κ2) is 3.03. The highest BCUT2D eigenvalue weighted by Gasteiger charge is 2.04. The van der Waals surface area contributed by atoms with E-state index in [4.69, 9.17) is 5.84 Å². The van der Waals surface area contributed by atoms with Crippen LogP contribution in [0.25, 0.3) is 16.0 Å². The molecule has 0 radical (unpaired) electrons. The molecule has 0 fully saturated rings. The molecule has 0 unspecified atom stereocenters. The standard InChI is InChI=1S/C9H7N5S/c10-13-7-6-2-1-3-11-8(6)14-4-5-15-9(14)12-7/h1-5H,10H2. The molecule has 3 rings (SSSR count). The van der Waals surface area contributed by atoms with Crippen molar-refractivity contribution in [3.05, 3.63) is 35.4 Å². The molecule has 74 valence electrons. The lowest BCUT2D eigenvalue weighted by Crippen LogP contribution is -2.14. The summed E-state index contributed by atoms with van der Waals surface area (Å²) in [6.07, 6.45) is 3.68. The molecule has 0 saturated heterocycles. The van der Waals surface area contributed by atoms with Crippen LogP contribution in [0.3, 0.4) is 0 Å². The average molecular weight is 217 g/mol. The zero-order chi connectivity index (χ0) is 10.3. The van der Waals surface area contributed by atoms with E-state index in [0.29, 0.717) is 5.49 Å². The normalized spacial score (nSPS) is 12.7. The van der Waals surface area contributed by atoms with E-state index in [1.807, 2.05) is 28.1 Å². The summed E-state index contributed by atoms with van der Waals surface area (Å²) in [5.74, 6) is 5.31. The largest absolute Gasteiger partial charge is 0.321 e. The third-order valence-electron chi connectivity index (χ3n) is 2.17. The minimum atomic E-state index is 0.528. The van der Waals surface area contributed by atoms with Crippen molar-refractivity contribution in [2.75, 3.05) is 0 Å². The molecule has 0 spiro atoms. The Kier molecular flexibility index (Phi) is 1.69. The molecular formula is C9H7N5S. The number of nitrogens with zero attached hydrogens (tertiary/aromatic N) is 4. The summed E-state index contributed by atoms with van der Waals surface area (Å²) in [7, 11) is 0. The van der Waals surface area contributed by atoms with Crippen LogP contribution >= 0.6 is 11.3 Å². The van der Waals surface area contributed by atoms with Gasteiger partial charge in [0.25, 0.3) is 0 Å². The van der Waals surface area contributed by atoms with Gasteiger partial charge in [-0.1, -0.05) is 0 Å². The van der Waals surface area contributed by atoms with Crippen molar-refractivity contribution in [1.29, 1.82) is 0 Å². The Balaban J connectivity index is 2.71. The zero-order valence-corrected chi connectivity index (χ0v) is 8.48. The maximum absolute atomic E-state index is 5.31. The van der Waals surface area contributed by atoms with Gasteiger partial charge in [0.1, 0.15) is 5.65 Å². The van der Waals surface area contributed by atoms with E-state index in [-0.39, 0.29) is 0 Å². The minimum absolute atomic E-state index is 0.528. The third-order valence-corrected chi connectivity index (χ3v) is 2.93. The smallest absolute Gasteiger partial charge is 0.197 e. The lowest BCUT2D eigenvalue weighted by atomic mass is 10.3. The maximum Gasteiger partial charge on any atom is 0.197 e. The molecule has 0 aromatic carbocycles. The van der Waals surface area contributed by atoms with Crippen LogP contribution in [0, 0.1) is 0 Å². The molecular weight excluding hydrogens is 210 g/mol. The van der Waals surface area contributed by atoms with E-state index < -0.39 is 0 Å². The zero-order valence-electron chi connectivity index (χ0n) is 7.66. The molecule has 0 amide bonds. The fraction of sp³-hybridized carbons (Fsp3) is 0. The number of pyridine rings is 1. The van der Waals surface area contributed by atoms with E-state index in [1.165, 1.54) is 11.3 Å². The SMILES string of the molecule is NN=c1nc2sccn2c2ncccc12. The van der Waals surface area contributed by atoms with Gasteiger partial charge in [-0.25, -0.2) is 4.98 Å². The Morgan fingerprint density at radius 3 is 3.27 bits per heavy atom. The minimum Gasteiger partial charge on any atom is -0.321 e. The lowest BCUT2D eigenvalue weighted by molar-refractivity contribution is 1.05. The quantitative estimate of drug-likeness (QED) is 0.445. The summed E-state index contributed by atoms with van der Waals surface area (Å²) in [6.45, 7) is 0. The number of rotatable bonds is 0. The fourth-order valence-electron chi connectivity index (χ4n) is 1.53. The molecule has 3 heterocycles. The van der Waals surface area contributed by atoms with Gasteiger partial charge in [0.15, 0.2) is 10.4 Å². The van der Waals surface area contributed by atoms with Gasteiger partial charge in [-0.05, 0) is 12.1 Å². The molecule has 3 aromatic heterocycles. The summed E-state index contributed by atoms with van der Waals surface area (Å²) in [5.41, 5.74) is 1.36. The van der Waals surface area contributed by atoms with Gasteiger partial charge in [-0.2, -0.15) is 10.1 Å². The van der Waals surface area contributed by atoms with Crippen molar-refractivity contribution in [1.82, 2.24) is 14.4 Å². The molecule has 5 nitrogen and oxygen atoms in total. The monoisotopic (exact) mass is 217 g/mol. The van der Waals surface area contributed by atoms with Gasteiger partial charge in [-0.15, -0.1) is 11.3 Å². The highest BCUT2D eigenvalue weighted by atomic mass is 32.1. The molecule has 0 aliphatic carbocycles. The van der Waals surface area contributed by atoms with Crippen molar-refractivity contribution in [3.63, 3.8) is 0 Å². The van der Waals surface area contributed by atoms with E-state index in [0.717, 1.165) is 16.0 Å². The Hall–Kier alpha value is -1.95. The van der Waals surface area contributed by atoms with Crippen LogP contribution in [0.15, 0.2) is 35.0 Å². The Labute approximate surface area is 88.5 Å². The van der Waals surface area contributed by atoms with Crippen molar-refractivity contribution in [2.45, 2.75) is 0 Å². The molecule has 0 aliphatic heterocycles. The van der Waals surface area contributed by atoms with Crippen LogP contribution in [-0.2, 0) is 0 Å². The van der Waals surface area contributed by atoms with E-state index >= 15 is 0 Å². The molecule has 3 aromatic rings. The van der Waals surface area contributed by atoms with Crippen LogP contribution in [0.5, 0.6) is 0 Å². The molecule has 2 N–H and O–H groups in total. The number of aromatic nitrogens is 3. The molecule has 0 saturated carbocycles. The summed E-state index contributed by atoms with van der Waals surface area (Å²) in [5, 5.41) is 6.48. The molecule has 0 aliphatic rings. The van der Waals surface area contributed by atoms with Crippen LogP contribution in [0.2, 0.25) is 0 Å². The highest BCUT2D eigenvalue weighted by molar-refractivity contribution is 7.15. The third kappa shape index (κ3) is 1.11. The van der Waals surface area contributed by atoms with Gasteiger partial charge >= 0.3 is 0 Å². The Morgan fingerprint density at radius 1 is 1.47 bits per heavy atom. The van der Waals surface area contributed by atoms with E-state index in [2.05, 4.69) is 15.1 Å². The first-order valence-corrected chi connectivity index (χ1v) is 5.22. The Bertz CT molecular complexity index is 696. The van der Waals surface area contributed by atoms with E-state index in [1.54, 1.807) is 6.20 Å².